The van der Waals surface area contributed by atoms with Crippen molar-refractivity contribution < 1.29 is 23.1 Å². The van der Waals surface area contributed by atoms with Crippen LogP contribution in [0.15, 0.2) is 36.4 Å². The SMILES string of the molecule is O=C(O)c1ccc(-c2ccc(C(F)(F)F)s2)cc1. The molecule has 0 saturated carbocycles. The first-order valence-electron chi connectivity index (χ1n) is 4.88. The summed E-state index contributed by atoms with van der Waals surface area (Å²) >= 11 is 0.635. The summed E-state index contributed by atoms with van der Waals surface area (Å²) in [6.07, 6.45) is -4.34. The maximum absolute atomic E-state index is 12.4. The van der Waals surface area contributed by atoms with E-state index in [0.29, 0.717) is 21.8 Å². The van der Waals surface area contributed by atoms with E-state index >= 15 is 0 Å². The summed E-state index contributed by atoms with van der Waals surface area (Å²) in [7, 11) is 0. The standard InChI is InChI=1S/C12H7F3O2S/c13-12(14,15)10-6-5-9(18-10)7-1-3-8(4-2-7)11(16)17/h1-6H,(H,16,17). The van der Waals surface area contributed by atoms with E-state index in [0.717, 1.165) is 6.07 Å². The lowest BCUT2D eigenvalue weighted by Crippen LogP contribution is -2.00. The molecule has 6 heteroatoms. The Hall–Kier alpha value is -1.82. The minimum absolute atomic E-state index is 0.103. The van der Waals surface area contributed by atoms with Crippen LogP contribution >= 0.6 is 11.3 Å². The summed E-state index contributed by atoms with van der Waals surface area (Å²) in [6, 6.07) is 8.12. The van der Waals surface area contributed by atoms with Gasteiger partial charge in [0.1, 0.15) is 4.88 Å². The van der Waals surface area contributed by atoms with Gasteiger partial charge in [-0.15, -0.1) is 11.3 Å². The van der Waals surface area contributed by atoms with Crippen molar-refractivity contribution in [2.45, 2.75) is 6.18 Å². The largest absolute Gasteiger partial charge is 0.478 e. The number of carbonyl (C=O) groups is 1. The van der Waals surface area contributed by atoms with Crippen molar-refractivity contribution in [3.8, 4) is 10.4 Å². The number of hydrogen-bond acceptors (Lipinski definition) is 2. The Morgan fingerprint density at radius 1 is 1.06 bits per heavy atom. The average molecular weight is 272 g/mol. The molecule has 1 aromatic carbocycles. The molecule has 94 valence electrons. The molecule has 2 nitrogen and oxygen atoms in total. The fraction of sp³-hybridized carbons (Fsp3) is 0.0833. The monoisotopic (exact) mass is 272 g/mol. The van der Waals surface area contributed by atoms with Crippen molar-refractivity contribution >= 4 is 17.3 Å². The maximum Gasteiger partial charge on any atom is 0.425 e. The summed E-state index contributed by atoms with van der Waals surface area (Å²) in [6.45, 7) is 0. The molecule has 1 heterocycles. The van der Waals surface area contributed by atoms with Gasteiger partial charge in [0, 0.05) is 4.88 Å². The summed E-state index contributed by atoms with van der Waals surface area (Å²) in [5.41, 5.74) is 0.673. The molecule has 2 aromatic rings. The van der Waals surface area contributed by atoms with Crippen LogP contribution in [0.4, 0.5) is 13.2 Å². The molecule has 0 aliphatic rings. The van der Waals surface area contributed by atoms with Gasteiger partial charge >= 0.3 is 12.1 Å². The van der Waals surface area contributed by atoms with Crippen LogP contribution in [0.2, 0.25) is 0 Å². The van der Waals surface area contributed by atoms with Crippen molar-refractivity contribution in [3.63, 3.8) is 0 Å². The van der Waals surface area contributed by atoms with Gasteiger partial charge in [0.25, 0.3) is 0 Å². The first-order valence-corrected chi connectivity index (χ1v) is 5.70. The second-order valence-corrected chi connectivity index (χ2v) is 4.63. The van der Waals surface area contributed by atoms with Gasteiger partial charge < -0.3 is 5.11 Å². The predicted molar refractivity (Wildman–Crippen MR) is 61.7 cm³/mol. The Labute approximate surface area is 104 Å². The van der Waals surface area contributed by atoms with Crippen LogP contribution < -0.4 is 0 Å². The van der Waals surface area contributed by atoms with Gasteiger partial charge in [-0.3, -0.25) is 0 Å². The van der Waals surface area contributed by atoms with Gasteiger partial charge in [-0.1, -0.05) is 12.1 Å². The zero-order valence-corrected chi connectivity index (χ0v) is 9.68. The zero-order valence-electron chi connectivity index (χ0n) is 8.86. The van der Waals surface area contributed by atoms with Crippen LogP contribution in [0.5, 0.6) is 0 Å². The van der Waals surface area contributed by atoms with Crippen LogP contribution in [0, 0.1) is 0 Å². The lowest BCUT2D eigenvalue weighted by Gasteiger charge is -2.01. The molecule has 0 bridgehead atoms. The molecular formula is C12H7F3O2S. The number of aromatic carboxylic acids is 1. The molecule has 0 radical (unpaired) electrons. The fourth-order valence-electron chi connectivity index (χ4n) is 1.42. The third-order valence-corrected chi connectivity index (χ3v) is 3.48. The molecule has 0 unspecified atom stereocenters. The number of carboxylic acids is 1. The number of thiophene rings is 1. The van der Waals surface area contributed by atoms with E-state index < -0.39 is 17.0 Å². The van der Waals surface area contributed by atoms with E-state index in [9.17, 15) is 18.0 Å². The van der Waals surface area contributed by atoms with Gasteiger partial charge in [-0.25, -0.2) is 4.79 Å². The van der Waals surface area contributed by atoms with Crippen molar-refractivity contribution in [1.82, 2.24) is 0 Å². The average Bonchev–Trinajstić information content (AvgIpc) is 2.78. The number of hydrogen-bond donors (Lipinski definition) is 1. The van der Waals surface area contributed by atoms with Crippen molar-refractivity contribution in [2.75, 3.05) is 0 Å². The Morgan fingerprint density at radius 2 is 1.67 bits per heavy atom. The minimum Gasteiger partial charge on any atom is -0.478 e. The normalized spacial score (nSPS) is 11.5. The predicted octanol–water partition coefficient (Wildman–Crippen LogP) is 4.13. The van der Waals surface area contributed by atoms with E-state index in [1.165, 1.54) is 30.3 Å². The van der Waals surface area contributed by atoms with E-state index in [1.54, 1.807) is 0 Å². The molecule has 1 aromatic heterocycles. The highest BCUT2D eigenvalue weighted by Crippen LogP contribution is 2.38. The molecule has 1 N–H and O–H groups in total. The summed E-state index contributed by atoms with van der Waals surface area (Å²) < 4.78 is 37.3. The van der Waals surface area contributed by atoms with Crippen LogP contribution in [0.1, 0.15) is 15.2 Å². The quantitative estimate of drug-likeness (QED) is 0.892. The second-order valence-electron chi connectivity index (χ2n) is 3.54. The number of halogens is 3. The molecule has 0 aliphatic carbocycles. The van der Waals surface area contributed by atoms with Gasteiger partial charge in [0.15, 0.2) is 0 Å². The Bertz CT molecular complexity index is 570. The molecule has 0 amide bonds. The van der Waals surface area contributed by atoms with Crippen LogP contribution in [0.25, 0.3) is 10.4 Å². The van der Waals surface area contributed by atoms with Gasteiger partial charge in [-0.05, 0) is 29.8 Å². The Balaban J connectivity index is 2.32. The van der Waals surface area contributed by atoms with Crippen LogP contribution in [0.3, 0.4) is 0 Å². The Morgan fingerprint density at radius 3 is 2.11 bits per heavy atom. The van der Waals surface area contributed by atoms with Crippen molar-refractivity contribution in [1.29, 1.82) is 0 Å². The maximum atomic E-state index is 12.4. The van der Waals surface area contributed by atoms with E-state index in [1.807, 2.05) is 0 Å². The van der Waals surface area contributed by atoms with Crippen LogP contribution in [-0.2, 0) is 6.18 Å². The third kappa shape index (κ3) is 2.53. The molecule has 2 rings (SSSR count). The van der Waals surface area contributed by atoms with Gasteiger partial charge in [0.05, 0.1) is 5.56 Å². The third-order valence-electron chi connectivity index (χ3n) is 2.30. The second kappa shape index (κ2) is 4.45. The molecular weight excluding hydrogens is 265 g/mol. The summed E-state index contributed by atoms with van der Waals surface area (Å²) in [4.78, 5) is 10.4. The number of alkyl halides is 3. The highest BCUT2D eigenvalue weighted by molar-refractivity contribution is 7.15. The topological polar surface area (TPSA) is 37.3 Å². The van der Waals surface area contributed by atoms with Crippen LogP contribution in [-0.4, -0.2) is 11.1 Å². The van der Waals surface area contributed by atoms with Crippen molar-refractivity contribution in [3.05, 3.63) is 46.8 Å². The molecule has 0 spiro atoms. The Kier molecular flexibility index (Phi) is 3.13. The molecule has 0 fully saturated rings. The molecule has 0 saturated heterocycles. The van der Waals surface area contributed by atoms with E-state index in [-0.39, 0.29) is 5.56 Å². The number of rotatable bonds is 2. The smallest absolute Gasteiger partial charge is 0.425 e. The van der Waals surface area contributed by atoms with E-state index in [2.05, 4.69) is 0 Å². The fourth-order valence-corrected chi connectivity index (χ4v) is 2.30. The first-order chi connectivity index (χ1) is 8.38. The summed E-state index contributed by atoms with van der Waals surface area (Å²) in [5.74, 6) is -1.07. The van der Waals surface area contributed by atoms with Crippen molar-refractivity contribution in [2.24, 2.45) is 0 Å². The highest BCUT2D eigenvalue weighted by Gasteiger charge is 2.32. The zero-order chi connectivity index (χ0) is 13.3. The lowest BCUT2D eigenvalue weighted by atomic mass is 10.1. The van der Waals surface area contributed by atoms with E-state index in [4.69, 9.17) is 5.11 Å². The highest BCUT2D eigenvalue weighted by atomic mass is 32.1. The minimum atomic E-state index is -4.34. The van der Waals surface area contributed by atoms with Gasteiger partial charge in [0.2, 0.25) is 0 Å². The molecule has 0 atom stereocenters. The number of benzene rings is 1. The molecule has 18 heavy (non-hydrogen) atoms. The van der Waals surface area contributed by atoms with Gasteiger partial charge in [-0.2, -0.15) is 13.2 Å². The first kappa shape index (κ1) is 12.6. The summed E-state index contributed by atoms with van der Waals surface area (Å²) in [5, 5.41) is 8.71. The lowest BCUT2D eigenvalue weighted by molar-refractivity contribution is -0.134. The molecule has 0 aliphatic heterocycles. The number of carboxylic acid groups (broad SMARTS) is 1.